The van der Waals surface area contributed by atoms with Gasteiger partial charge in [0.1, 0.15) is 0 Å². The molecule has 1 aromatic heterocycles. The van der Waals surface area contributed by atoms with Gasteiger partial charge in [0, 0.05) is 44.6 Å². The topological polar surface area (TPSA) is 75.6 Å². The average Bonchev–Trinajstić information content (AvgIpc) is 3.28. The quantitative estimate of drug-likeness (QED) is 0.737. The van der Waals surface area contributed by atoms with Gasteiger partial charge in [0.2, 0.25) is 0 Å². The molecule has 1 aromatic rings. The Morgan fingerprint density at radius 2 is 2.04 bits per heavy atom. The lowest BCUT2D eigenvalue weighted by Crippen LogP contribution is -2.47. The molecule has 0 spiro atoms. The van der Waals surface area contributed by atoms with Crippen molar-refractivity contribution in [3.63, 3.8) is 0 Å². The molecule has 2 amide bonds. The number of hydrogen-bond acceptors (Lipinski definition) is 4. The molecule has 1 saturated heterocycles. The van der Waals surface area contributed by atoms with Gasteiger partial charge < -0.3 is 19.9 Å². The van der Waals surface area contributed by atoms with Crippen LogP contribution < -0.4 is 10.6 Å². The molecule has 126 valence electrons. The van der Waals surface area contributed by atoms with Crippen LogP contribution in [0, 0.1) is 0 Å². The monoisotopic (exact) mass is 320 g/mol. The van der Waals surface area contributed by atoms with Gasteiger partial charge in [0.05, 0.1) is 19.3 Å². The van der Waals surface area contributed by atoms with Crippen LogP contribution in [0.1, 0.15) is 24.6 Å². The highest BCUT2D eigenvalue weighted by Gasteiger charge is 2.28. The summed E-state index contributed by atoms with van der Waals surface area (Å²) in [6.07, 6.45) is 3.93. The number of carbonyl (C=O) groups excluding carboxylic acids is 2. The summed E-state index contributed by atoms with van der Waals surface area (Å²) in [4.78, 5) is 26.0. The Morgan fingerprint density at radius 3 is 2.65 bits per heavy atom. The van der Waals surface area contributed by atoms with Crippen molar-refractivity contribution in [1.82, 2.24) is 20.1 Å². The second-order valence-corrected chi connectivity index (χ2v) is 6.17. The van der Waals surface area contributed by atoms with Gasteiger partial charge in [0.25, 0.3) is 0 Å². The Labute approximate surface area is 136 Å². The van der Waals surface area contributed by atoms with Crippen molar-refractivity contribution >= 4 is 11.8 Å². The summed E-state index contributed by atoms with van der Waals surface area (Å²) in [6, 6.07) is 4.27. The molecule has 2 heterocycles. The SMILES string of the molecule is Cn1cccc1[C@H](CNC(=O)C(=O)NC1CC1)N1CCOCC1. The maximum atomic E-state index is 12.0. The first-order valence-electron chi connectivity index (χ1n) is 8.17. The van der Waals surface area contributed by atoms with E-state index in [2.05, 4.69) is 26.2 Å². The molecule has 7 heteroatoms. The molecule has 3 rings (SSSR count). The molecule has 23 heavy (non-hydrogen) atoms. The van der Waals surface area contributed by atoms with Gasteiger partial charge in [-0.1, -0.05) is 0 Å². The van der Waals surface area contributed by atoms with E-state index >= 15 is 0 Å². The van der Waals surface area contributed by atoms with Crippen molar-refractivity contribution in [1.29, 1.82) is 0 Å². The van der Waals surface area contributed by atoms with E-state index in [0.29, 0.717) is 19.8 Å². The Bertz CT molecular complexity index is 561. The van der Waals surface area contributed by atoms with Crippen molar-refractivity contribution in [2.75, 3.05) is 32.8 Å². The number of aryl methyl sites for hydroxylation is 1. The summed E-state index contributed by atoms with van der Waals surface area (Å²) in [5, 5.41) is 5.49. The van der Waals surface area contributed by atoms with E-state index in [1.165, 1.54) is 0 Å². The highest BCUT2D eigenvalue weighted by molar-refractivity contribution is 6.35. The molecule has 7 nitrogen and oxygen atoms in total. The summed E-state index contributed by atoms with van der Waals surface area (Å²) < 4.78 is 7.46. The Hall–Kier alpha value is -1.86. The van der Waals surface area contributed by atoms with E-state index < -0.39 is 11.8 Å². The third kappa shape index (κ3) is 4.11. The standard InChI is InChI=1S/C16H24N4O3/c1-19-6-2-3-13(19)14(20-7-9-23-10-8-20)11-17-15(21)16(22)18-12-4-5-12/h2-3,6,12,14H,4-5,7-11H2,1H3,(H,17,21)(H,18,22)/t14-/m0/s1. The minimum Gasteiger partial charge on any atom is -0.379 e. The van der Waals surface area contributed by atoms with Crippen LogP contribution in [-0.4, -0.2) is 60.2 Å². The maximum absolute atomic E-state index is 12.0. The number of hydrogen-bond donors (Lipinski definition) is 2. The van der Waals surface area contributed by atoms with Crippen molar-refractivity contribution in [2.45, 2.75) is 24.9 Å². The average molecular weight is 320 g/mol. The number of amides is 2. The van der Waals surface area contributed by atoms with Crippen molar-refractivity contribution in [3.8, 4) is 0 Å². The summed E-state index contributed by atoms with van der Waals surface area (Å²) in [6.45, 7) is 3.43. The summed E-state index contributed by atoms with van der Waals surface area (Å²) in [7, 11) is 1.99. The lowest BCUT2D eigenvalue weighted by Gasteiger charge is -2.34. The summed E-state index contributed by atoms with van der Waals surface area (Å²) in [5.74, 6) is -1.08. The first-order chi connectivity index (χ1) is 11.1. The van der Waals surface area contributed by atoms with Crippen molar-refractivity contribution in [2.24, 2.45) is 7.05 Å². The number of ether oxygens (including phenoxy) is 1. The van der Waals surface area contributed by atoms with Gasteiger partial charge in [-0.25, -0.2) is 0 Å². The first kappa shape index (κ1) is 16.0. The maximum Gasteiger partial charge on any atom is 0.309 e. The summed E-state index contributed by atoms with van der Waals surface area (Å²) in [5.41, 5.74) is 1.12. The van der Waals surface area contributed by atoms with Gasteiger partial charge >= 0.3 is 11.8 Å². The van der Waals surface area contributed by atoms with E-state index in [4.69, 9.17) is 4.74 Å². The number of nitrogens with one attached hydrogen (secondary N) is 2. The number of rotatable bonds is 5. The van der Waals surface area contributed by atoms with E-state index in [0.717, 1.165) is 31.6 Å². The molecule has 1 saturated carbocycles. The van der Waals surface area contributed by atoms with Gasteiger partial charge in [0.15, 0.2) is 0 Å². The predicted molar refractivity (Wildman–Crippen MR) is 84.7 cm³/mol. The molecule has 0 bridgehead atoms. The van der Waals surface area contributed by atoms with Gasteiger partial charge in [-0.2, -0.15) is 0 Å². The van der Waals surface area contributed by atoms with Crippen LogP contribution in [0.15, 0.2) is 18.3 Å². The van der Waals surface area contributed by atoms with E-state index in [1.54, 1.807) is 0 Å². The zero-order chi connectivity index (χ0) is 16.2. The minimum absolute atomic E-state index is 0.0385. The van der Waals surface area contributed by atoms with Crippen LogP contribution in [0.2, 0.25) is 0 Å². The second-order valence-electron chi connectivity index (χ2n) is 6.17. The minimum atomic E-state index is -0.552. The first-order valence-corrected chi connectivity index (χ1v) is 8.17. The van der Waals surface area contributed by atoms with Crippen molar-refractivity contribution in [3.05, 3.63) is 24.0 Å². The molecular formula is C16H24N4O3. The van der Waals surface area contributed by atoms with E-state index in [-0.39, 0.29) is 12.1 Å². The molecule has 2 fully saturated rings. The van der Waals surface area contributed by atoms with Crippen LogP contribution in [0.25, 0.3) is 0 Å². The number of nitrogens with zero attached hydrogens (tertiary/aromatic N) is 2. The van der Waals surface area contributed by atoms with Gasteiger partial charge in [-0.05, 0) is 25.0 Å². The lowest BCUT2D eigenvalue weighted by atomic mass is 10.1. The number of carbonyl (C=O) groups is 2. The molecule has 0 unspecified atom stereocenters. The zero-order valence-corrected chi connectivity index (χ0v) is 13.5. The fraction of sp³-hybridized carbons (Fsp3) is 0.625. The number of aromatic nitrogens is 1. The molecule has 2 aliphatic rings. The smallest absolute Gasteiger partial charge is 0.309 e. The second kappa shape index (κ2) is 7.14. The summed E-state index contributed by atoms with van der Waals surface area (Å²) >= 11 is 0. The van der Waals surface area contributed by atoms with E-state index in [9.17, 15) is 9.59 Å². The highest BCUT2D eigenvalue weighted by Crippen LogP contribution is 2.21. The molecule has 1 aliphatic heterocycles. The third-order valence-electron chi connectivity index (χ3n) is 4.39. The third-order valence-corrected chi connectivity index (χ3v) is 4.39. The molecule has 1 aliphatic carbocycles. The fourth-order valence-electron chi connectivity index (χ4n) is 2.88. The molecule has 2 N–H and O–H groups in total. The molecular weight excluding hydrogens is 296 g/mol. The molecule has 0 aromatic carbocycles. The van der Waals surface area contributed by atoms with Crippen LogP contribution in [0.5, 0.6) is 0 Å². The highest BCUT2D eigenvalue weighted by atomic mass is 16.5. The van der Waals surface area contributed by atoms with Crippen LogP contribution in [-0.2, 0) is 21.4 Å². The van der Waals surface area contributed by atoms with Gasteiger partial charge in [-0.15, -0.1) is 0 Å². The van der Waals surface area contributed by atoms with E-state index in [1.807, 2.05) is 19.3 Å². The van der Waals surface area contributed by atoms with Crippen LogP contribution in [0.3, 0.4) is 0 Å². The Morgan fingerprint density at radius 1 is 1.30 bits per heavy atom. The van der Waals surface area contributed by atoms with Crippen LogP contribution >= 0.6 is 0 Å². The zero-order valence-electron chi connectivity index (χ0n) is 13.5. The number of morpholine rings is 1. The lowest BCUT2D eigenvalue weighted by molar-refractivity contribution is -0.139. The van der Waals surface area contributed by atoms with Crippen LogP contribution in [0.4, 0.5) is 0 Å². The Balaban J connectivity index is 1.62. The molecule has 1 atom stereocenters. The largest absolute Gasteiger partial charge is 0.379 e. The fourth-order valence-corrected chi connectivity index (χ4v) is 2.88. The predicted octanol–water partition coefficient (Wildman–Crippen LogP) is -0.207. The Kier molecular flexibility index (Phi) is 4.97. The molecule has 0 radical (unpaired) electrons. The van der Waals surface area contributed by atoms with Crippen molar-refractivity contribution < 1.29 is 14.3 Å². The van der Waals surface area contributed by atoms with Gasteiger partial charge in [-0.3, -0.25) is 14.5 Å². The normalized spacial score (nSPS) is 20.0.